The number of carbonyl (C=O) groups is 1. The molecule has 0 atom stereocenters. The fraction of sp³-hybridized carbons (Fsp3) is 0.500. The molecule has 0 aliphatic carbocycles. The molecule has 0 aromatic heterocycles. The highest BCUT2D eigenvalue weighted by molar-refractivity contribution is 7.91. The van der Waals surface area contributed by atoms with Crippen LogP contribution in [0, 0.1) is 13.8 Å². The number of benzene rings is 1. The zero-order valence-electron chi connectivity index (χ0n) is 11.8. The van der Waals surface area contributed by atoms with Gasteiger partial charge in [0.2, 0.25) is 0 Å². The van der Waals surface area contributed by atoms with Gasteiger partial charge in [0.05, 0.1) is 11.9 Å². The first kappa shape index (κ1) is 15.7. The van der Waals surface area contributed by atoms with Gasteiger partial charge in [-0.3, -0.25) is 4.79 Å². The highest BCUT2D eigenvalue weighted by Crippen LogP contribution is 2.13. The molecule has 0 heterocycles. The van der Waals surface area contributed by atoms with Crippen molar-refractivity contribution in [2.75, 3.05) is 5.75 Å². The van der Waals surface area contributed by atoms with E-state index in [2.05, 4.69) is 0 Å². The first-order valence-corrected chi connectivity index (χ1v) is 7.97. The van der Waals surface area contributed by atoms with Gasteiger partial charge in [-0.2, -0.15) is 0 Å². The van der Waals surface area contributed by atoms with Gasteiger partial charge in [0, 0.05) is 0 Å². The summed E-state index contributed by atoms with van der Waals surface area (Å²) < 4.78 is 28.7. The van der Waals surface area contributed by atoms with E-state index in [4.69, 9.17) is 4.74 Å². The van der Waals surface area contributed by atoms with Crippen LogP contribution in [0.3, 0.4) is 0 Å². The normalized spacial score (nSPS) is 11.6. The van der Waals surface area contributed by atoms with Gasteiger partial charge in [-0.25, -0.2) is 8.42 Å². The van der Waals surface area contributed by atoms with Crippen LogP contribution in [-0.4, -0.2) is 26.2 Å². The lowest BCUT2D eigenvalue weighted by atomic mass is 10.1. The van der Waals surface area contributed by atoms with E-state index in [0.717, 1.165) is 11.1 Å². The maximum absolute atomic E-state index is 11.9. The molecule has 0 unspecified atom stereocenters. The van der Waals surface area contributed by atoms with Crippen molar-refractivity contribution in [3.05, 3.63) is 34.9 Å². The molecule has 5 heteroatoms. The summed E-state index contributed by atoms with van der Waals surface area (Å²) in [5.41, 5.74) is 2.72. The summed E-state index contributed by atoms with van der Waals surface area (Å²) in [5.74, 6) is -1.40. The van der Waals surface area contributed by atoms with E-state index in [9.17, 15) is 13.2 Å². The molecule has 1 aromatic carbocycles. The molecule has 0 aliphatic heterocycles. The van der Waals surface area contributed by atoms with Gasteiger partial charge >= 0.3 is 5.97 Å². The smallest absolute Gasteiger partial charge is 0.321 e. The van der Waals surface area contributed by atoms with E-state index in [1.807, 2.05) is 32.0 Å². The lowest BCUT2D eigenvalue weighted by molar-refractivity contribution is -0.144. The number of hydrogen-bond donors (Lipinski definition) is 0. The predicted molar refractivity (Wildman–Crippen MR) is 74.6 cm³/mol. The Bertz CT molecular complexity index is 539. The maximum atomic E-state index is 11.9. The molecule has 0 radical (unpaired) electrons. The highest BCUT2D eigenvalue weighted by Gasteiger charge is 2.19. The van der Waals surface area contributed by atoms with E-state index in [-0.39, 0.29) is 11.9 Å². The molecule has 0 amide bonds. The summed E-state index contributed by atoms with van der Waals surface area (Å²) in [6, 6.07) is 5.61. The molecule has 0 N–H and O–H groups in total. The second kappa shape index (κ2) is 6.19. The number of sulfone groups is 1. The Labute approximate surface area is 114 Å². The number of hydrogen-bond acceptors (Lipinski definition) is 4. The molecule has 0 saturated heterocycles. The van der Waals surface area contributed by atoms with Gasteiger partial charge in [-0.1, -0.05) is 29.3 Å². The molecular weight excluding hydrogens is 264 g/mol. The summed E-state index contributed by atoms with van der Waals surface area (Å²) >= 11 is 0. The Hall–Kier alpha value is -1.36. The largest absolute Gasteiger partial charge is 0.462 e. The second-order valence-electron chi connectivity index (χ2n) is 5.07. The van der Waals surface area contributed by atoms with Crippen LogP contribution in [0.4, 0.5) is 0 Å². The standard InChI is InChI=1S/C14H20O4S/c1-10(2)18-14(15)9-19(16,17)8-13-6-11(3)5-12(4)7-13/h5-7,10H,8-9H2,1-4H3. The van der Waals surface area contributed by atoms with E-state index in [0.29, 0.717) is 5.56 Å². The van der Waals surface area contributed by atoms with Gasteiger partial charge in [0.25, 0.3) is 0 Å². The zero-order valence-corrected chi connectivity index (χ0v) is 12.6. The van der Waals surface area contributed by atoms with Crippen LogP contribution in [0.15, 0.2) is 18.2 Å². The van der Waals surface area contributed by atoms with Gasteiger partial charge < -0.3 is 4.74 Å². The Balaban J connectivity index is 2.76. The van der Waals surface area contributed by atoms with E-state index in [1.54, 1.807) is 13.8 Å². The third-order valence-electron chi connectivity index (χ3n) is 2.37. The summed E-state index contributed by atoms with van der Waals surface area (Å²) in [7, 11) is -3.49. The van der Waals surface area contributed by atoms with Crippen molar-refractivity contribution < 1.29 is 17.9 Å². The highest BCUT2D eigenvalue weighted by atomic mass is 32.2. The molecule has 1 aromatic rings. The monoisotopic (exact) mass is 284 g/mol. The molecule has 0 spiro atoms. The first-order valence-electron chi connectivity index (χ1n) is 6.15. The van der Waals surface area contributed by atoms with Gasteiger partial charge in [-0.15, -0.1) is 0 Å². The topological polar surface area (TPSA) is 60.4 Å². The van der Waals surface area contributed by atoms with Gasteiger partial charge in [0.1, 0.15) is 5.75 Å². The minimum atomic E-state index is -3.49. The van der Waals surface area contributed by atoms with E-state index >= 15 is 0 Å². The van der Waals surface area contributed by atoms with Crippen molar-refractivity contribution in [1.29, 1.82) is 0 Å². The first-order chi connectivity index (χ1) is 8.68. The molecule has 0 saturated carbocycles. The maximum Gasteiger partial charge on any atom is 0.321 e. The minimum Gasteiger partial charge on any atom is -0.462 e. The van der Waals surface area contributed by atoms with E-state index in [1.165, 1.54) is 0 Å². The van der Waals surface area contributed by atoms with E-state index < -0.39 is 21.6 Å². The number of ether oxygens (including phenoxy) is 1. The van der Waals surface area contributed by atoms with Crippen molar-refractivity contribution in [2.24, 2.45) is 0 Å². The van der Waals surface area contributed by atoms with Crippen molar-refractivity contribution in [2.45, 2.75) is 39.6 Å². The Morgan fingerprint density at radius 1 is 1.16 bits per heavy atom. The lowest BCUT2D eigenvalue weighted by Gasteiger charge is -2.09. The third kappa shape index (κ3) is 5.87. The third-order valence-corrected chi connectivity index (χ3v) is 3.82. The van der Waals surface area contributed by atoms with Crippen LogP contribution in [0.5, 0.6) is 0 Å². The second-order valence-corrected chi connectivity index (χ2v) is 7.13. The molecule has 1 rings (SSSR count). The van der Waals surface area contributed by atoms with Crippen LogP contribution in [-0.2, 0) is 25.1 Å². The molecule has 0 bridgehead atoms. The Morgan fingerprint density at radius 3 is 2.16 bits per heavy atom. The zero-order chi connectivity index (χ0) is 14.6. The summed E-state index contributed by atoms with van der Waals surface area (Å²) in [4.78, 5) is 11.4. The molecule has 106 valence electrons. The number of esters is 1. The van der Waals surface area contributed by atoms with Gasteiger partial charge in [0.15, 0.2) is 9.84 Å². The van der Waals surface area contributed by atoms with Gasteiger partial charge in [-0.05, 0) is 33.3 Å². The SMILES string of the molecule is Cc1cc(C)cc(CS(=O)(=O)CC(=O)OC(C)C)c1. The van der Waals surface area contributed by atoms with Crippen molar-refractivity contribution in [3.63, 3.8) is 0 Å². The summed E-state index contributed by atoms with van der Waals surface area (Å²) in [6.07, 6.45) is -0.302. The molecule has 0 fully saturated rings. The fourth-order valence-corrected chi connectivity index (χ4v) is 3.14. The Morgan fingerprint density at radius 2 is 1.68 bits per heavy atom. The minimum absolute atomic E-state index is 0.136. The van der Waals surface area contributed by atoms with Crippen LogP contribution >= 0.6 is 0 Å². The number of aryl methyl sites for hydroxylation is 2. The average molecular weight is 284 g/mol. The summed E-state index contributed by atoms with van der Waals surface area (Å²) in [5, 5.41) is 0. The quantitative estimate of drug-likeness (QED) is 0.777. The Kier molecular flexibility index (Phi) is 5.11. The van der Waals surface area contributed by atoms with Crippen LogP contribution in [0.1, 0.15) is 30.5 Å². The molecule has 4 nitrogen and oxygen atoms in total. The average Bonchev–Trinajstić information content (AvgIpc) is 2.10. The molecule has 0 aliphatic rings. The lowest BCUT2D eigenvalue weighted by Crippen LogP contribution is -2.22. The van der Waals surface area contributed by atoms with Crippen LogP contribution in [0.2, 0.25) is 0 Å². The van der Waals surface area contributed by atoms with Crippen molar-refractivity contribution >= 4 is 15.8 Å². The molecule has 19 heavy (non-hydrogen) atoms. The number of rotatable bonds is 5. The fourth-order valence-electron chi connectivity index (χ4n) is 1.93. The molecular formula is C14H20O4S. The van der Waals surface area contributed by atoms with Crippen LogP contribution < -0.4 is 0 Å². The van der Waals surface area contributed by atoms with Crippen LogP contribution in [0.25, 0.3) is 0 Å². The predicted octanol–water partition coefficient (Wildman–Crippen LogP) is 2.17. The number of carbonyl (C=O) groups excluding carboxylic acids is 1. The van der Waals surface area contributed by atoms with Crippen molar-refractivity contribution in [3.8, 4) is 0 Å². The van der Waals surface area contributed by atoms with Crippen molar-refractivity contribution in [1.82, 2.24) is 0 Å². The summed E-state index contributed by atoms with van der Waals surface area (Å²) in [6.45, 7) is 7.20.